The number of carbonyl (C=O) groups is 1. The Labute approximate surface area is 136 Å². The molecular weight excluding hydrogens is 292 g/mol. The van der Waals surface area contributed by atoms with E-state index in [4.69, 9.17) is 4.52 Å². The summed E-state index contributed by atoms with van der Waals surface area (Å²) in [4.78, 5) is 12.2. The number of aliphatic hydroxyl groups excluding tert-OH is 1. The van der Waals surface area contributed by atoms with Crippen LogP contribution in [0.15, 0.2) is 40.9 Å². The van der Waals surface area contributed by atoms with E-state index < -0.39 is 6.10 Å². The maximum atomic E-state index is 12.2. The Morgan fingerprint density at radius 2 is 1.96 bits per heavy atom. The van der Waals surface area contributed by atoms with Crippen LogP contribution in [0.1, 0.15) is 60.8 Å². The van der Waals surface area contributed by atoms with Crippen LogP contribution in [0.2, 0.25) is 0 Å². The second-order valence-electron chi connectivity index (χ2n) is 6.17. The van der Waals surface area contributed by atoms with Crippen molar-refractivity contribution in [3.63, 3.8) is 0 Å². The molecule has 0 saturated carbocycles. The molecule has 23 heavy (non-hydrogen) atoms. The van der Waals surface area contributed by atoms with Gasteiger partial charge in [0.2, 0.25) is 0 Å². The summed E-state index contributed by atoms with van der Waals surface area (Å²) in [5.74, 6) is 0.680. The molecule has 0 bridgehead atoms. The number of aliphatic hydroxyl groups is 1. The van der Waals surface area contributed by atoms with Crippen molar-refractivity contribution < 1.29 is 14.4 Å². The highest BCUT2D eigenvalue weighted by molar-refractivity contribution is 5.92. The summed E-state index contributed by atoms with van der Waals surface area (Å²) in [6.45, 7) is 6.16. The van der Waals surface area contributed by atoms with Crippen LogP contribution in [0, 0.1) is 0 Å². The second kappa shape index (κ2) is 7.92. The molecule has 0 aliphatic carbocycles. The highest BCUT2D eigenvalue weighted by Gasteiger charge is 2.18. The van der Waals surface area contributed by atoms with Gasteiger partial charge in [0.1, 0.15) is 5.76 Å². The molecular formula is C18H24N2O3. The molecule has 2 atom stereocenters. The van der Waals surface area contributed by atoms with Gasteiger partial charge in [0, 0.05) is 24.4 Å². The summed E-state index contributed by atoms with van der Waals surface area (Å²) >= 11 is 0. The molecule has 5 heteroatoms. The van der Waals surface area contributed by atoms with Gasteiger partial charge in [-0.3, -0.25) is 4.79 Å². The zero-order valence-corrected chi connectivity index (χ0v) is 13.8. The summed E-state index contributed by atoms with van der Waals surface area (Å²) in [5, 5.41) is 16.4. The number of hydrogen-bond donors (Lipinski definition) is 2. The lowest BCUT2D eigenvalue weighted by atomic mass is 9.93. The van der Waals surface area contributed by atoms with Gasteiger partial charge in [-0.05, 0) is 18.9 Å². The maximum Gasteiger partial charge on any atom is 0.273 e. The van der Waals surface area contributed by atoms with E-state index in [2.05, 4.69) is 10.5 Å². The highest BCUT2D eigenvalue weighted by Crippen LogP contribution is 2.21. The van der Waals surface area contributed by atoms with E-state index in [-0.39, 0.29) is 23.4 Å². The zero-order valence-electron chi connectivity index (χ0n) is 13.8. The molecule has 5 nitrogen and oxygen atoms in total. The van der Waals surface area contributed by atoms with E-state index in [1.807, 2.05) is 44.2 Å². The fourth-order valence-electron chi connectivity index (χ4n) is 2.45. The number of benzene rings is 1. The first kappa shape index (κ1) is 17.2. The topological polar surface area (TPSA) is 75.4 Å². The number of aromatic nitrogens is 1. The van der Waals surface area contributed by atoms with Gasteiger partial charge in [-0.1, -0.05) is 49.3 Å². The van der Waals surface area contributed by atoms with Gasteiger partial charge in [-0.2, -0.15) is 0 Å². The van der Waals surface area contributed by atoms with E-state index in [0.717, 1.165) is 5.56 Å². The Morgan fingerprint density at radius 1 is 1.26 bits per heavy atom. The molecule has 1 amide bonds. The lowest BCUT2D eigenvalue weighted by Gasteiger charge is -2.19. The van der Waals surface area contributed by atoms with Crippen molar-refractivity contribution in [3.8, 4) is 0 Å². The zero-order chi connectivity index (χ0) is 16.8. The van der Waals surface area contributed by atoms with Crippen LogP contribution >= 0.6 is 0 Å². The normalized spacial score (nSPS) is 13.8. The molecule has 1 heterocycles. The average Bonchev–Trinajstić information content (AvgIpc) is 3.02. The van der Waals surface area contributed by atoms with Crippen LogP contribution in [0.5, 0.6) is 0 Å². The Morgan fingerprint density at radius 3 is 2.52 bits per heavy atom. The summed E-state index contributed by atoms with van der Waals surface area (Å²) < 4.78 is 5.15. The smallest absolute Gasteiger partial charge is 0.273 e. The van der Waals surface area contributed by atoms with Crippen molar-refractivity contribution in [2.45, 2.75) is 45.1 Å². The lowest BCUT2D eigenvalue weighted by molar-refractivity contribution is 0.0936. The van der Waals surface area contributed by atoms with Crippen molar-refractivity contribution in [2.75, 3.05) is 6.54 Å². The van der Waals surface area contributed by atoms with Crippen molar-refractivity contribution >= 4 is 5.91 Å². The Kier molecular flexibility index (Phi) is 5.93. The highest BCUT2D eigenvalue weighted by atomic mass is 16.5. The Bertz CT molecular complexity index is 620. The Balaban J connectivity index is 2.01. The quantitative estimate of drug-likeness (QED) is 0.823. The predicted molar refractivity (Wildman–Crippen MR) is 88.4 cm³/mol. The van der Waals surface area contributed by atoms with Gasteiger partial charge in [0.25, 0.3) is 5.91 Å². The molecule has 0 aliphatic rings. The van der Waals surface area contributed by atoms with Crippen molar-refractivity contribution in [1.82, 2.24) is 10.5 Å². The minimum Gasteiger partial charge on any atom is -0.393 e. The van der Waals surface area contributed by atoms with Gasteiger partial charge < -0.3 is 14.9 Å². The minimum atomic E-state index is -0.434. The number of nitrogens with zero attached hydrogens (tertiary/aromatic N) is 1. The molecule has 2 rings (SSSR count). The average molecular weight is 316 g/mol. The summed E-state index contributed by atoms with van der Waals surface area (Å²) in [7, 11) is 0. The number of hydrogen-bond acceptors (Lipinski definition) is 4. The lowest BCUT2D eigenvalue weighted by Crippen LogP contribution is -2.30. The third-order valence-electron chi connectivity index (χ3n) is 3.74. The van der Waals surface area contributed by atoms with Gasteiger partial charge in [-0.25, -0.2) is 0 Å². The van der Waals surface area contributed by atoms with Crippen molar-refractivity contribution in [1.29, 1.82) is 0 Å². The summed E-state index contributed by atoms with van der Waals surface area (Å²) in [6, 6.07) is 11.5. The van der Waals surface area contributed by atoms with E-state index in [9.17, 15) is 9.90 Å². The molecule has 2 aromatic rings. The van der Waals surface area contributed by atoms with Gasteiger partial charge in [-0.15, -0.1) is 0 Å². The van der Waals surface area contributed by atoms with Crippen LogP contribution in [0.25, 0.3) is 0 Å². The fourth-order valence-corrected chi connectivity index (χ4v) is 2.45. The van der Waals surface area contributed by atoms with E-state index in [1.165, 1.54) is 0 Å². The number of amides is 1. The molecule has 0 saturated heterocycles. The first-order valence-corrected chi connectivity index (χ1v) is 7.95. The molecule has 2 unspecified atom stereocenters. The molecule has 1 aromatic heterocycles. The van der Waals surface area contributed by atoms with E-state index in [1.54, 1.807) is 13.0 Å². The first-order valence-electron chi connectivity index (χ1n) is 7.95. The molecule has 0 aliphatic heterocycles. The Hall–Kier alpha value is -2.14. The number of nitrogens with one attached hydrogen (secondary N) is 1. The maximum absolute atomic E-state index is 12.2. The SMILES string of the molecule is CC(O)CC(CNC(=O)c1cc(C(C)C)on1)c1ccccc1. The third kappa shape index (κ3) is 4.93. The van der Waals surface area contributed by atoms with Crippen LogP contribution in [-0.4, -0.2) is 28.8 Å². The van der Waals surface area contributed by atoms with Crippen LogP contribution in [0.3, 0.4) is 0 Å². The van der Waals surface area contributed by atoms with Gasteiger partial charge in [0.05, 0.1) is 6.10 Å². The summed E-state index contributed by atoms with van der Waals surface area (Å²) in [5.41, 5.74) is 1.38. The molecule has 2 N–H and O–H groups in total. The molecule has 124 valence electrons. The van der Waals surface area contributed by atoms with Crippen LogP contribution < -0.4 is 5.32 Å². The summed E-state index contributed by atoms with van der Waals surface area (Å²) in [6.07, 6.45) is 0.150. The third-order valence-corrected chi connectivity index (χ3v) is 3.74. The monoisotopic (exact) mass is 316 g/mol. The standard InChI is InChI=1S/C18H24N2O3/c1-12(2)17-10-16(20-23-17)18(22)19-11-15(9-13(3)21)14-7-5-4-6-8-14/h4-8,10,12-13,15,21H,9,11H2,1-3H3,(H,19,22). The molecule has 0 fully saturated rings. The molecule has 0 spiro atoms. The van der Waals surface area contributed by atoms with Crippen molar-refractivity contribution in [3.05, 3.63) is 53.4 Å². The number of carbonyl (C=O) groups excluding carboxylic acids is 1. The number of rotatable bonds is 7. The second-order valence-corrected chi connectivity index (χ2v) is 6.17. The van der Waals surface area contributed by atoms with Crippen molar-refractivity contribution in [2.24, 2.45) is 0 Å². The van der Waals surface area contributed by atoms with E-state index >= 15 is 0 Å². The largest absolute Gasteiger partial charge is 0.393 e. The minimum absolute atomic E-state index is 0.0524. The molecule has 1 aromatic carbocycles. The first-order chi connectivity index (χ1) is 11.0. The van der Waals surface area contributed by atoms with Crippen LogP contribution in [0.4, 0.5) is 0 Å². The van der Waals surface area contributed by atoms with Gasteiger partial charge >= 0.3 is 0 Å². The van der Waals surface area contributed by atoms with Crippen LogP contribution in [-0.2, 0) is 0 Å². The molecule has 0 radical (unpaired) electrons. The fraction of sp³-hybridized carbons (Fsp3) is 0.444. The predicted octanol–water partition coefficient (Wildman–Crippen LogP) is 3.08. The van der Waals surface area contributed by atoms with E-state index in [0.29, 0.717) is 18.7 Å². The van der Waals surface area contributed by atoms with Gasteiger partial charge in [0.15, 0.2) is 5.69 Å².